The maximum absolute atomic E-state index is 13.2. The minimum Gasteiger partial charge on any atom is -0.493 e. The van der Waals surface area contributed by atoms with Crippen LogP contribution in [0.25, 0.3) is 0 Å². The van der Waals surface area contributed by atoms with E-state index in [1.165, 1.54) is 33.5 Å². The van der Waals surface area contributed by atoms with Crippen molar-refractivity contribution in [1.82, 2.24) is 0 Å². The van der Waals surface area contributed by atoms with Crippen molar-refractivity contribution in [2.24, 2.45) is 0 Å². The Hall–Kier alpha value is -3.02. The molecule has 5 nitrogen and oxygen atoms in total. The second kappa shape index (κ2) is 6.47. The minimum absolute atomic E-state index is 0.205. The normalized spacial score (nSPS) is 16.5. The molecule has 2 aromatic rings. The first-order valence-corrected chi connectivity index (χ1v) is 7.59. The summed E-state index contributed by atoms with van der Waals surface area (Å²) in [4.78, 5) is 14.0. The van der Waals surface area contributed by atoms with Gasteiger partial charge in [0.1, 0.15) is 5.82 Å². The van der Waals surface area contributed by atoms with E-state index in [0.717, 1.165) is 5.56 Å². The van der Waals surface area contributed by atoms with Crippen LogP contribution < -0.4 is 19.1 Å². The second-order valence-corrected chi connectivity index (χ2v) is 5.54. The third-order valence-electron chi connectivity index (χ3n) is 4.20. The van der Waals surface area contributed by atoms with Crippen LogP contribution in [0.5, 0.6) is 17.2 Å². The average molecular weight is 343 g/mol. The highest BCUT2D eigenvalue weighted by Crippen LogP contribution is 2.47. The quantitative estimate of drug-likeness (QED) is 0.616. The van der Waals surface area contributed by atoms with Crippen LogP contribution in [0.1, 0.15) is 11.6 Å². The first-order chi connectivity index (χ1) is 12.0. The van der Waals surface area contributed by atoms with Gasteiger partial charge in [-0.2, -0.15) is 0 Å². The molecule has 1 saturated heterocycles. The fourth-order valence-electron chi connectivity index (χ4n) is 2.95. The van der Waals surface area contributed by atoms with E-state index in [1.807, 2.05) is 0 Å². The molecule has 0 saturated carbocycles. The van der Waals surface area contributed by atoms with Gasteiger partial charge >= 0.3 is 0 Å². The van der Waals surface area contributed by atoms with Crippen LogP contribution in [0.4, 0.5) is 10.1 Å². The molecule has 0 spiro atoms. The molecule has 3 rings (SSSR count). The number of anilines is 1. The molecular weight excluding hydrogens is 325 g/mol. The van der Waals surface area contributed by atoms with E-state index in [1.54, 1.807) is 29.2 Å². The number of carbonyl (C=O) groups is 1. The Morgan fingerprint density at radius 1 is 1.00 bits per heavy atom. The van der Waals surface area contributed by atoms with Crippen molar-refractivity contribution in [1.29, 1.82) is 0 Å². The third kappa shape index (κ3) is 2.69. The van der Waals surface area contributed by atoms with Gasteiger partial charge in [-0.05, 0) is 17.7 Å². The van der Waals surface area contributed by atoms with Crippen molar-refractivity contribution in [3.05, 3.63) is 59.9 Å². The van der Waals surface area contributed by atoms with Gasteiger partial charge in [0.05, 0.1) is 33.1 Å². The number of hydrogen-bond donors (Lipinski definition) is 0. The smallest absolute Gasteiger partial charge is 0.256 e. The van der Waals surface area contributed by atoms with Crippen molar-refractivity contribution >= 4 is 11.6 Å². The summed E-state index contributed by atoms with van der Waals surface area (Å²) in [7, 11) is 4.53. The molecule has 0 bridgehead atoms. The number of ether oxygens (including phenoxy) is 3. The molecule has 1 aliphatic heterocycles. The van der Waals surface area contributed by atoms with Crippen LogP contribution in [-0.4, -0.2) is 27.2 Å². The van der Waals surface area contributed by atoms with E-state index < -0.39 is 0 Å². The molecule has 0 radical (unpaired) electrons. The second-order valence-electron chi connectivity index (χ2n) is 5.54. The lowest BCUT2D eigenvalue weighted by molar-refractivity contribution is -0.118. The SMILES string of the molecule is C=C1C(=O)N(c2cc(OC)c(OC)c(OC)c2)C1c1ccc(F)cc1. The predicted molar refractivity (Wildman–Crippen MR) is 91.9 cm³/mol. The van der Waals surface area contributed by atoms with Crippen LogP contribution in [0.15, 0.2) is 48.6 Å². The molecular formula is C19H18FNO4. The molecule has 0 aliphatic carbocycles. The fourth-order valence-corrected chi connectivity index (χ4v) is 2.95. The van der Waals surface area contributed by atoms with Gasteiger partial charge < -0.3 is 14.2 Å². The Labute approximate surface area is 145 Å². The van der Waals surface area contributed by atoms with E-state index >= 15 is 0 Å². The lowest BCUT2D eigenvalue weighted by Gasteiger charge is -2.42. The zero-order valence-corrected chi connectivity index (χ0v) is 14.2. The zero-order valence-electron chi connectivity index (χ0n) is 14.2. The van der Waals surface area contributed by atoms with Crippen LogP contribution in [0, 0.1) is 5.82 Å². The minimum atomic E-state index is -0.365. The lowest BCUT2D eigenvalue weighted by atomic mass is 9.88. The van der Waals surface area contributed by atoms with Gasteiger partial charge in [0.15, 0.2) is 11.5 Å². The largest absolute Gasteiger partial charge is 0.493 e. The van der Waals surface area contributed by atoms with E-state index in [0.29, 0.717) is 28.5 Å². The van der Waals surface area contributed by atoms with Crippen molar-refractivity contribution in [2.45, 2.75) is 6.04 Å². The molecule has 6 heteroatoms. The van der Waals surface area contributed by atoms with E-state index in [2.05, 4.69) is 6.58 Å². The number of hydrogen-bond acceptors (Lipinski definition) is 4. The highest BCUT2D eigenvalue weighted by atomic mass is 19.1. The number of methoxy groups -OCH3 is 3. The first-order valence-electron chi connectivity index (χ1n) is 7.59. The standard InChI is InChI=1S/C19H18FNO4/c1-11-17(12-5-7-13(20)8-6-12)21(19(11)22)14-9-15(23-2)18(25-4)16(10-14)24-3/h5-10,17H,1H2,2-4H3. The van der Waals surface area contributed by atoms with E-state index in [9.17, 15) is 9.18 Å². The monoisotopic (exact) mass is 343 g/mol. The molecule has 1 atom stereocenters. The molecule has 130 valence electrons. The molecule has 1 fully saturated rings. The Bertz CT molecular complexity index is 807. The molecule has 0 aromatic heterocycles. The number of nitrogens with zero attached hydrogens (tertiary/aromatic N) is 1. The summed E-state index contributed by atoms with van der Waals surface area (Å²) in [6, 6.07) is 9.03. The van der Waals surface area contributed by atoms with Crippen LogP contribution in [0.3, 0.4) is 0 Å². The molecule has 1 aliphatic rings. The Morgan fingerprint density at radius 2 is 1.56 bits per heavy atom. The van der Waals surface area contributed by atoms with Gasteiger partial charge in [-0.1, -0.05) is 18.7 Å². The lowest BCUT2D eigenvalue weighted by Crippen LogP contribution is -2.48. The average Bonchev–Trinajstić information content (AvgIpc) is 2.64. The first kappa shape index (κ1) is 16.8. The van der Waals surface area contributed by atoms with Crippen LogP contribution in [-0.2, 0) is 4.79 Å². The van der Waals surface area contributed by atoms with Crippen molar-refractivity contribution in [3.8, 4) is 17.2 Å². The zero-order chi connectivity index (χ0) is 18.1. The number of benzene rings is 2. The van der Waals surface area contributed by atoms with E-state index in [4.69, 9.17) is 14.2 Å². The summed E-state index contributed by atoms with van der Waals surface area (Å²) in [5.41, 5.74) is 1.81. The number of carbonyl (C=O) groups excluding carboxylic acids is 1. The van der Waals surface area contributed by atoms with Crippen molar-refractivity contribution in [3.63, 3.8) is 0 Å². The summed E-state index contributed by atoms with van der Waals surface area (Å²) < 4.78 is 29.2. The highest BCUT2D eigenvalue weighted by molar-refractivity contribution is 6.15. The molecule has 1 unspecified atom stereocenters. The van der Waals surface area contributed by atoms with Gasteiger partial charge in [0.25, 0.3) is 5.91 Å². The van der Waals surface area contributed by atoms with Gasteiger partial charge in [-0.3, -0.25) is 9.69 Å². The summed E-state index contributed by atoms with van der Waals surface area (Å²) in [6.45, 7) is 3.84. The Balaban J connectivity index is 2.06. The number of amides is 1. The third-order valence-corrected chi connectivity index (χ3v) is 4.20. The predicted octanol–water partition coefficient (Wildman–Crippen LogP) is 3.50. The van der Waals surface area contributed by atoms with Crippen molar-refractivity contribution < 1.29 is 23.4 Å². The molecule has 1 amide bonds. The molecule has 0 N–H and O–H groups in total. The molecule has 1 heterocycles. The summed E-state index contributed by atoms with van der Waals surface area (Å²) in [5, 5.41) is 0. The van der Waals surface area contributed by atoms with Gasteiger partial charge in [0.2, 0.25) is 5.75 Å². The summed E-state index contributed by atoms with van der Waals surface area (Å²) in [5.74, 6) is 0.793. The molecule has 2 aromatic carbocycles. The maximum atomic E-state index is 13.2. The Kier molecular flexibility index (Phi) is 4.35. The summed E-state index contributed by atoms with van der Waals surface area (Å²) >= 11 is 0. The number of rotatable bonds is 5. The maximum Gasteiger partial charge on any atom is 0.256 e. The number of β-lactam (4-membered cyclic amide) rings is 1. The van der Waals surface area contributed by atoms with Gasteiger partial charge in [-0.25, -0.2) is 4.39 Å². The van der Waals surface area contributed by atoms with Crippen LogP contribution in [0.2, 0.25) is 0 Å². The summed E-state index contributed by atoms with van der Waals surface area (Å²) in [6.07, 6.45) is 0. The van der Waals surface area contributed by atoms with Crippen molar-refractivity contribution in [2.75, 3.05) is 26.2 Å². The number of halogens is 1. The van der Waals surface area contributed by atoms with Gasteiger partial charge in [0, 0.05) is 17.7 Å². The van der Waals surface area contributed by atoms with Gasteiger partial charge in [-0.15, -0.1) is 0 Å². The topological polar surface area (TPSA) is 48.0 Å². The molecule has 25 heavy (non-hydrogen) atoms. The van der Waals surface area contributed by atoms with E-state index in [-0.39, 0.29) is 17.8 Å². The van der Waals surface area contributed by atoms with Crippen LogP contribution >= 0.6 is 0 Å². The fraction of sp³-hybridized carbons (Fsp3) is 0.211. The highest BCUT2D eigenvalue weighted by Gasteiger charge is 2.43. The Morgan fingerprint density at radius 3 is 2.04 bits per heavy atom.